The highest BCUT2D eigenvalue weighted by Gasteiger charge is 2.54. The monoisotopic (exact) mass is 374 g/mol. The van der Waals surface area contributed by atoms with Gasteiger partial charge in [0.1, 0.15) is 11.8 Å². The maximum absolute atomic E-state index is 11.8. The fourth-order valence-electron chi connectivity index (χ4n) is 5.91. The number of hydrogen-bond acceptors (Lipinski definition) is 4. The van der Waals surface area contributed by atoms with E-state index in [1.165, 1.54) is 24.8 Å². The SMILES string of the molecule is N#CCOc1ccc([C@@H]2Nc3c(C(=O)O)cccc3[C@@H]3[C@H]4CC[C@@H](C4)[C@@H]32)cc1. The molecule has 3 aliphatic rings. The van der Waals surface area contributed by atoms with Crippen molar-refractivity contribution >= 4 is 11.7 Å². The van der Waals surface area contributed by atoms with Crippen molar-refractivity contribution in [3.63, 3.8) is 0 Å². The molecule has 2 bridgehead atoms. The summed E-state index contributed by atoms with van der Waals surface area (Å²) in [6.45, 7) is 0.0326. The van der Waals surface area contributed by atoms with Gasteiger partial charge in [0, 0.05) is 0 Å². The third-order valence-corrected chi connectivity index (χ3v) is 6.89. The number of nitrogens with one attached hydrogen (secondary N) is 1. The van der Waals surface area contributed by atoms with E-state index in [0.717, 1.165) is 11.3 Å². The molecule has 142 valence electrons. The summed E-state index contributed by atoms with van der Waals surface area (Å²) in [5.41, 5.74) is 3.48. The van der Waals surface area contributed by atoms with Gasteiger partial charge in [-0.2, -0.15) is 5.26 Å². The van der Waals surface area contributed by atoms with E-state index in [4.69, 9.17) is 10.00 Å². The van der Waals surface area contributed by atoms with E-state index in [2.05, 4.69) is 11.4 Å². The number of carboxylic acids is 1. The van der Waals surface area contributed by atoms with Crippen LogP contribution in [0.4, 0.5) is 5.69 Å². The molecule has 2 saturated carbocycles. The van der Waals surface area contributed by atoms with Crippen molar-refractivity contribution in [2.45, 2.75) is 31.2 Å². The third kappa shape index (κ3) is 2.56. The number of anilines is 1. The van der Waals surface area contributed by atoms with Crippen molar-refractivity contribution in [1.29, 1.82) is 5.26 Å². The molecule has 0 amide bonds. The van der Waals surface area contributed by atoms with Crippen LogP contribution in [0.15, 0.2) is 42.5 Å². The third-order valence-electron chi connectivity index (χ3n) is 6.89. The zero-order valence-corrected chi connectivity index (χ0v) is 15.5. The number of aromatic carboxylic acids is 1. The second-order valence-corrected chi connectivity index (χ2v) is 8.15. The second kappa shape index (κ2) is 6.56. The first kappa shape index (κ1) is 17.1. The fraction of sp³-hybridized carbons (Fsp3) is 0.391. The molecule has 2 aliphatic carbocycles. The number of ether oxygens (including phenoxy) is 1. The van der Waals surface area contributed by atoms with E-state index in [1.54, 1.807) is 6.07 Å². The molecule has 0 radical (unpaired) electrons. The van der Waals surface area contributed by atoms with Crippen LogP contribution in [0.25, 0.3) is 0 Å². The second-order valence-electron chi connectivity index (χ2n) is 8.15. The minimum atomic E-state index is -0.884. The first-order valence-corrected chi connectivity index (χ1v) is 9.90. The van der Waals surface area contributed by atoms with E-state index < -0.39 is 5.97 Å². The molecule has 2 aromatic rings. The average Bonchev–Trinajstić information content (AvgIpc) is 3.34. The number of para-hydroxylation sites is 1. The lowest BCUT2D eigenvalue weighted by Gasteiger charge is -2.44. The van der Waals surface area contributed by atoms with Gasteiger partial charge >= 0.3 is 5.97 Å². The lowest BCUT2D eigenvalue weighted by atomic mass is 9.67. The van der Waals surface area contributed by atoms with Gasteiger partial charge in [-0.3, -0.25) is 0 Å². The lowest BCUT2D eigenvalue weighted by Crippen LogP contribution is -2.36. The molecule has 2 fully saturated rings. The maximum Gasteiger partial charge on any atom is 0.337 e. The largest absolute Gasteiger partial charge is 0.479 e. The van der Waals surface area contributed by atoms with Gasteiger partial charge < -0.3 is 15.2 Å². The van der Waals surface area contributed by atoms with Crippen molar-refractivity contribution in [3.8, 4) is 11.8 Å². The summed E-state index contributed by atoms with van der Waals surface area (Å²) in [5, 5.41) is 22.0. The fourth-order valence-corrected chi connectivity index (χ4v) is 5.91. The molecule has 5 nitrogen and oxygen atoms in total. The average molecular weight is 374 g/mol. The first-order chi connectivity index (χ1) is 13.7. The number of nitrogens with zero attached hydrogens (tertiary/aromatic N) is 1. The van der Waals surface area contributed by atoms with Gasteiger partial charge in [0.15, 0.2) is 6.61 Å². The molecule has 0 unspecified atom stereocenters. The quantitative estimate of drug-likeness (QED) is 0.818. The van der Waals surface area contributed by atoms with Crippen molar-refractivity contribution < 1.29 is 14.6 Å². The Balaban J connectivity index is 1.56. The Bertz CT molecular complexity index is 963. The van der Waals surface area contributed by atoms with Crippen LogP contribution < -0.4 is 10.1 Å². The van der Waals surface area contributed by atoms with Gasteiger partial charge in [-0.1, -0.05) is 24.3 Å². The highest BCUT2D eigenvalue weighted by atomic mass is 16.5. The van der Waals surface area contributed by atoms with Crippen LogP contribution in [-0.4, -0.2) is 17.7 Å². The predicted octanol–water partition coefficient (Wildman–Crippen LogP) is 4.58. The molecular weight excluding hydrogens is 352 g/mol. The summed E-state index contributed by atoms with van der Waals surface area (Å²) in [5.74, 6) is 2.04. The minimum Gasteiger partial charge on any atom is -0.479 e. The highest BCUT2D eigenvalue weighted by molar-refractivity contribution is 5.95. The van der Waals surface area contributed by atoms with Crippen LogP contribution in [-0.2, 0) is 0 Å². The normalized spacial score (nSPS) is 29.3. The topological polar surface area (TPSA) is 82.3 Å². The number of hydrogen-bond donors (Lipinski definition) is 2. The summed E-state index contributed by atoms with van der Waals surface area (Å²) in [6, 6.07) is 15.6. The Morgan fingerprint density at radius 1 is 1.18 bits per heavy atom. The molecule has 5 rings (SSSR count). The van der Waals surface area contributed by atoms with Gasteiger partial charge in [-0.25, -0.2) is 4.79 Å². The van der Waals surface area contributed by atoms with Crippen molar-refractivity contribution in [3.05, 3.63) is 59.2 Å². The van der Waals surface area contributed by atoms with Gasteiger partial charge in [-0.05, 0) is 72.3 Å². The van der Waals surface area contributed by atoms with Crippen molar-refractivity contribution in [1.82, 2.24) is 0 Å². The molecule has 0 spiro atoms. The molecule has 1 heterocycles. The molecular formula is C23H22N2O3. The van der Waals surface area contributed by atoms with Gasteiger partial charge in [-0.15, -0.1) is 0 Å². The minimum absolute atomic E-state index is 0.0326. The predicted molar refractivity (Wildman–Crippen MR) is 104 cm³/mol. The maximum atomic E-state index is 11.8. The summed E-state index contributed by atoms with van der Waals surface area (Å²) in [6.07, 6.45) is 3.76. The summed E-state index contributed by atoms with van der Waals surface area (Å²) >= 11 is 0. The number of carboxylic acid groups (broad SMARTS) is 1. The number of benzene rings is 2. The van der Waals surface area contributed by atoms with Crippen LogP contribution in [0.2, 0.25) is 0 Å². The molecule has 2 aromatic carbocycles. The summed E-state index contributed by atoms with van der Waals surface area (Å²) < 4.78 is 5.38. The molecule has 2 N–H and O–H groups in total. The van der Waals surface area contributed by atoms with E-state index in [1.807, 2.05) is 36.4 Å². The molecule has 0 saturated heterocycles. The summed E-state index contributed by atoms with van der Waals surface area (Å²) in [7, 11) is 0. The standard InChI is InChI=1S/C23H22N2O3/c24-10-11-28-16-8-6-13(7-9-16)21-20-15-5-4-14(12-15)19(20)17-2-1-3-18(23(26)27)22(17)25-21/h1-3,6-9,14-15,19-21,25H,4-5,11-12H2,(H,26,27)/t14-,15-,19-,20-,21-/m0/s1. The number of carbonyl (C=O) groups is 1. The number of nitriles is 1. The van der Waals surface area contributed by atoms with E-state index in [9.17, 15) is 9.90 Å². The van der Waals surface area contributed by atoms with Gasteiger partial charge in [0.25, 0.3) is 0 Å². The molecule has 28 heavy (non-hydrogen) atoms. The van der Waals surface area contributed by atoms with Crippen molar-refractivity contribution in [2.75, 3.05) is 11.9 Å². The molecule has 0 aromatic heterocycles. The zero-order valence-electron chi connectivity index (χ0n) is 15.5. The molecule has 5 atom stereocenters. The van der Waals surface area contributed by atoms with Crippen molar-refractivity contribution in [2.24, 2.45) is 17.8 Å². The van der Waals surface area contributed by atoms with Crippen LogP contribution in [0.5, 0.6) is 5.75 Å². The van der Waals surface area contributed by atoms with Crippen LogP contribution in [0, 0.1) is 29.1 Å². The number of fused-ring (bicyclic) bond motifs is 7. The number of rotatable bonds is 4. The van der Waals surface area contributed by atoms with Crippen LogP contribution >= 0.6 is 0 Å². The molecule has 1 aliphatic heterocycles. The smallest absolute Gasteiger partial charge is 0.337 e. The van der Waals surface area contributed by atoms with Gasteiger partial charge in [0.05, 0.1) is 17.3 Å². The van der Waals surface area contributed by atoms with Crippen LogP contribution in [0.1, 0.15) is 52.7 Å². The Labute approximate surface area is 163 Å². The first-order valence-electron chi connectivity index (χ1n) is 9.90. The Kier molecular flexibility index (Phi) is 4.01. The van der Waals surface area contributed by atoms with E-state index >= 15 is 0 Å². The summed E-state index contributed by atoms with van der Waals surface area (Å²) in [4.78, 5) is 11.8. The lowest BCUT2D eigenvalue weighted by molar-refractivity contribution is 0.0697. The van der Waals surface area contributed by atoms with Gasteiger partial charge in [0.2, 0.25) is 0 Å². The van der Waals surface area contributed by atoms with Crippen LogP contribution in [0.3, 0.4) is 0 Å². The Hall–Kier alpha value is -3.00. The van der Waals surface area contributed by atoms with E-state index in [-0.39, 0.29) is 12.6 Å². The highest BCUT2D eigenvalue weighted by Crippen LogP contribution is 2.64. The Morgan fingerprint density at radius 3 is 2.71 bits per heavy atom. The zero-order chi connectivity index (χ0) is 19.3. The van der Waals surface area contributed by atoms with E-state index in [0.29, 0.717) is 35.0 Å². The Morgan fingerprint density at radius 2 is 1.96 bits per heavy atom. The molecule has 5 heteroatoms.